The summed E-state index contributed by atoms with van der Waals surface area (Å²) in [4.78, 5) is 12.3. The van der Waals surface area contributed by atoms with Crippen molar-refractivity contribution in [2.24, 2.45) is 5.10 Å². The molecule has 0 amide bonds. The highest BCUT2D eigenvalue weighted by atomic mass is 35.5. The Labute approximate surface area is 138 Å². The van der Waals surface area contributed by atoms with Gasteiger partial charge in [0.15, 0.2) is 5.69 Å². The van der Waals surface area contributed by atoms with Crippen LogP contribution < -0.4 is 5.43 Å². The van der Waals surface area contributed by atoms with Crippen molar-refractivity contribution in [1.29, 1.82) is 5.26 Å². The van der Waals surface area contributed by atoms with E-state index in [2.05, 4.69) is 15.7 Å². The van der Waals surface area contributed by atoms with E-state index in [4.69, 9.17) is 21.4 Å². The molecule has 7 heteroatoms. The van der Waals surface area contributed by atoms with Gasteiger partial charge in [0.05, 0.1) is 5.69 Å². The molecule has 1 aromatic heterocycles. The topological polar surface area (TPSA) is 91.3 Å². The van der Waals surface area contributed by atoms with Crippen LogP contribution in [0.15, 0.2) is 40.0 Å². The minimum Gasteiger partial charge on any atom is -0.360 e. The molecule has 23 heavy (non-hydrogen) atoms. The van der Waals surface area contributed by atoms with Crippen LogP contribution in [0.1, 0.15) is 37.0 Å². The van der Waals surface area contributed by atoms with Crippen molar-refractivity contribution in [3.63, 3.8) is 0 Å². The predicted molar refractivity (Wildman–Crippen MR) is 87.7 cm³/mol. The summed E-state index contributed by atoms with van der Waals surface area (Å²) in [5, 5.41) is 17.2. The molecule has 118 valence electrons. The number of nitrogens with one attached hydrogen (secondary N) is 1. The molecule has 2 aromatic rings. The lowest BCUT2D eigenvalue weighted by Gasteiger charge is -2.11. The van der Waals surface area contributed by atoms with Crippen LogP contribution in [0.2, 0.25) is 5.02 Å². The summed E-state index contributed by atoms with van der Waals surface area (Å²) in [5.74, 6) is -0.0535. The Balaban J connectivity index is 2.20. The Hall–Kier alpha value is -2.65. The van der Waals surface area contributed by atoms with Crippen molar-refractivity contribution in [3.8, 4) is 6.07 Å². The Bertz CT molecular complexity index is 797. The maximum Gasteiger partial charge on any atom is 0.245 e. The van der Waals surface area contributed by atoms with Gasteiger partial charge in [-0.1, -0.05) is 43.6 Å². The van der Waals surface area contributed by atoms with Gasteiger partial charge < -0.3 is 4.52 Å². The number of rotatable bonds is 4. The van der Waals surface area contributed by atoms with Crippen LogP contribution >= 0.6 is 11.6 Å². The number of carbonyl (C=O) groups excluding carboxylic acids is 1. The third-order valence-electron chi connectivity index (χ3n) is 2.92. The molecule has 2 rings (SSSR count). The van der Waals surface area contributed by atoms with E-state index in [0.717, 1.165) is 0 Å². The molecule has 0 atom stereocenters. The molecular formula is C16H15ClN4O2. The van der Waals surface area contributed by atoms with Crippen LogP contribution in [-0.2, 0) is 5.41 Å². The second-order valence-corrected chi connectivity index (χ2v) is 6.29. The van der Waals surface area contributed by atoms with Crippen LogP contribution in [0.5, 0.6) is 0 Å². The number of hydrogen-bond donors (Lipinski definition) is 1. The molecule has 0 saturated carbocycles. The molecule has 0 saturated heterocycles. The summed E-state index contributed by atoms with van der Waals surface area (Å²) in [5.41, 5.74) is 2.63. The molecule has 0 bridgehead atoms. The van der Waals surface area contributed by atoms with Crippen molar-refractivity contribution in [1.82, 2.24) is 5.16 Å². The highest BCUT2D eigenvalue weighted by Crippen LogP contribution is 2.23. The highest BCUT2D eigenvalue weighted by Gasteiger charge is 2.24. The summed E-state index contributed by atoms with van der Waals surface area (Å²) in [7, 11) is 0. The van der Waals surface area contributed by atoms with Gasteiger partial charge >= 0.3 is 0 Å². The zero-order valence-corrected chi connectivity index (χ0v) is 13.7. The highest BCUT2D eigenvalue weighted by molar-refractivity contribution is 6.51. The smallest absolute Gasteiger partial charge is 0.245 e. The summed E-state index contributed by atoms with van der Waals surface area (Å²) < 4.78 is 5.15. The number of hydrazone groups is 1. The molecule has 0 aliphatic rings. The van der Waals surface area contributed by atoms with E-state index in [0.29, 0.717) is 16.5 Å². The monoisotopic (exact) mass is 330 g/mol. The minimum absolute atomic E-state index is 0.0446. The number of aromatic nitrogens is 1. The molecule has 0 aliphatic heterocycles. The molecule has 1 aromatic carbocycles. The van der Waals surface area contributed by atoms with Gasteiger partial charge in [-0.3, -0.25) is 10.2 Å². The number of halogens is 1. The number of nitrogens with zero attached hydrogens (tertiary/aromatic N) is 3. The summed E-state index contributed by atoms with van der Waals surface area (Å²) >= 11 is 5.86. The zero-order chi connectivity index (χ0) is 17.0. The van der Waals surface area contributed by atoms with Gasteiger partial charge in [-0.2, -0.15) is 10.4 Å². The van der Waals surface area contributed by atoms with E-state index in [9.17, 15) is 4.79 Å². The first-order chi connectivity index (χ1) is 10.8. The molecule has 6 nitrogen and oxygen atoms in total. The fourth-order valence-electron chi connectivity index (χ4n) is 1.66. The SMILES string of the molecule is CC(C)(C)c1cc(C(=O)/C(C#N)=N/Nc2cccc(Cl)c2)no1. The average Bonchev–Trinajstić information content (AvgIpc) is 2.97. The van der Waals surface area contributed by atoms with E-state index >= 15 is 0 Å². The van der Waals surface area contributed by atoms with Gasteiger partial charge in [0.2, 0.25) is 11.5 Å². The second-order valence-electron chi connectivity index (χ2n) is 5.85. The minimum atomic E-state index is -0.610. The summed E-state index contributed by atoms with van der Waals surface area (Å²) in [6, 6.07) is 10.0. The van der Waals surface area contributed by atoms with Gasteiger partial charge in [-0.05, 0) is 18.2 Å². The normalized spacial score (nSPS) is 11.9. The van der Waals surface area contributed by atoms with Crippen LogP contribution in [0.4, 0.5) is 5.69 Å². The summed E-state index contributed by atoms with van der Waals surface area (Å²) in [6.07, 6.45) is 0. The number of benzene rings is 1. The lowest BCUT2D eigenvalue weighted by Crippen LogP contribution is -2.15. The molecule has 1 heterocycles. The van der Waals surface area contributed by atoms with Crippen LogP contribution in [0.25, 0.3) is 0 Å². The van der Waals surface area contributed by atoms with Gasteiger partial charge in [0, 0.05) is 16.5 Å². The van der Waals surface area contributed by atoms with Crippen molar-refractivity contribution >= 4 is 28.8 Å². The quantitative estimate of drug-likeness (QED) is 0.523. The van der Waals surface area contributed by atoms with Crippen molar-refractivity contribution in [3.05, 3.63) is 46.8 Å². The fourth-order valence-corrected chi connectivity index (χ4v) is 1.85. The van der Waals surface area contributed by atoms with Gasteiger partial charge in [0.1, 0.15) is 11.8 Å². The number of hydrogen-bond acceptors (Lipinski definition) is 6. The number of nitriles is 1. The first-order valence-corrected chi connectivity index (χ1v) is 7.20. The largest absolute Gasteiger partial charge is 0.360 e. The van der Waals surface area contributed by atoms with Gasteiger partial charge in [-0.15, -0.1) is 0 Å². The van der Waals surface area contributed by atoms with Gasteiger partial charge in [-0.25, -0.2) is 0 Å². The average molecular weight is 331 g/mol. The lowest BCUT2D eigenvalue weighted by molar-refractivity contribution is 0.105. The molecule has 0 radical (unpaired) electrons. The van der Waals surface area contributed by atoms with Crippen LogP contribution in [-0.4, -0.2) is 16.7 Å². The van der Waals surface area contributed by atoms with Crippen molar-refractivity contribution in [2.45, 2.75) is 26.2 Å². The van der Waals surface area contributed by atoms with Crippen molar-refractivity contribution < 1.29 is 9.32 Å². The third kappa shape index (κ3) is 4.18. The first kappa shape index (κ1) is 16.7. The predicted octanol–water partition coefficient (Wildman–Crippen LogP) is 3.80. The standard InChI is InChI=1S/C16H15ClN4O2/c1-16(2,3)14-8-12(21-23-14)15(22)13(9-18)20-19-11-6-4-5-10(17)7-11/h4-8,19H,1-3H3/b20-13+. The maximum absolute atomic E-state index is 12.3. The van der Waals surface area contributed by atoms with Crippen molar-refractivity contribution in [2.75, 3.05) is 5.43 Å². The molecular weight excluding hydrogens is 316 g/mol. The van der Waals surface area contributed by atoms with Gasteiger partial charge in [0.25, 0.3) is 0 Å². The van der Waals surface area contributed by atoms with E-state index in [1.165, 1.54) is 6.07 Å². The maximum atomic E-state index is 12.3. The number of Topliss-reactive ketones (excluding diaryl/α,β-unsaturated/α-hetero) is 1. The van der Waals surface area contributed by atoms with E-state index in [1.54, 1.807) is 30.3 Å². The van der Waals surface area contributed by atoms with E-state index in [-0.39, 0.29) is 16.8 Å². The molecule has 0 spiro atoms. The number of anilines is 1. The number of carbonyl (C=O) groups is 1. The van der Waals surface area contributed by atoms with E-state index < -0.39 is 5.78 Å². The first-order valence-electron chi connectivity index (χ1n) is 6.82. The fraction of sp³-hybridized carbons (Fsp3) is 0.250. The molecule has 0 fully saturated rings. The molecule has 0 unspecified atom stereocenters. The third-order valence-corrected chi connectivity index (χ3v) is 3.16. The Morgan fingerprint density at radius 1 is 1.39 bits per heavy atom. The Morgan fingerprint density at radius 2 is 2.13 bits per heavy atom. The van der Waals surface area contributed by atoms with E-state index in [1.807, 2.05) is 20.8 Å². The summed E-state index contributed by atoms with van der Waals surface area (Å²) in [6.45, 7) is 5.80. The molecule has 1 N–H and O–H groups in total. The second kappa shape index (κ2) is 6.63. The lowest BCUT2D eigenvalue weighted by atomic mass is 9.93. The molecule has 0 aliphatic carbocycles. The zero-order valence-electron chi connectivity index (χ0n) is 12.9. The number of ketones is 1. The van der Waals surface area contributed by atoms with Crippen LogP contribution in [0, 0.1) is 11.3 Å². The van der Waals surface area contributed by atoms with Crippen LogP contribution in [0.3, 0.4) is 0 Å². The Kier molecular flexibility index (Phi) is 4.82. The Morgan fingerprint density at radius 3 is 2.70 bits per heavy atom.